The lowest BCUT2D eigenvalue weighted by Crippen LogP contribution is -2.28. The summed E-state index contributed by atoms with van der Waals surface area (Å²) in [5.41, 5.74) is -6.78. The van der Waals surface area contributed by atoms with Gasteiger partial charge in [0.1, 0.15) is 5.75 Å². The molecule has 0 heterocycles. The van der Waals surface area contributed by atoms with Crippen molar-refractivity contribution in [2.45, 2.75) is 21.5 Å². The summed E-state index contributed by atoms with van der Waals surface area (Å²) < 4.78 is 96.7. The summed E-state index contributed by atoms with van der Waals surface area (Å²) in [7, 11) is -5.88. The van der Waals surface area contributed by atoms with Gasteiger partial charge in [-0.2, -0.15) is 34.8 Å². The average molecular weight is 480 g/mol. The zero-order valence-electron chi connectivity index (χ0n) is 15.4. The van der Waals surface area contributed by atoms with Crippen molar-refractivity contribution in [1.82, 2.24) is 0 Å². The standard InChI is InChI=1S/C12H10S.C8H4F6O3S/c1-3-7-11(8-4-1)13-12-9-5-2-6-10-12;9-7(10,11)5-1-3-6(4-2-5)17-18(15,16)8(12,13)14/h1-10H;1-4H. The van der Waals surface area contributed by atoms with Gasteiger partial charge in [0.2, 0.25) is 0 Å². The lowest BCUT2D eigenvalue weighted by atomic mass is 10.2. The van der Waals surface area contributed by atoms with Gasteiger partial charge in [0.25, 0.3) is 0 Å². The fraction of sp³-hybridized carbons (Fsp3) is 0.100. The quantitative estimate of drug-likeness (QED) is 0.235. The van der Waals surface area contributed by atoms with Gasteiger partial charge < -0.3 is 4.18 Å². The van der Waals surface area contributed by atoms with Crippen LogP contribution < -0.4 is 4.18 Å². The molecule has 11 heteroatoms. The summed E-state index contributed by atoms with van der Waals surface area (Å²) in [5.74, 6) is -0.861. The minimum atomic E-state index is -5.88. The first-order valence-corrected chi connectivity index (χ1v) is 10.6. The number of halogens is 6. The van der Waals surface area contributed by atoms with E-state index in [9.17, 15) is 34.8 Å². The molecule has 0 N–H and O–H groups in total. The molecule has 0 aliphatic carbocycles. The number of alkyl halides is 6. The van der Waals surface area contributed by atoms with Crippen LogP contribution in [0.15, 0.2) is 94.7 Å². The van der Waals surface area contributed by atoms with Gasteiger partial charge in [-0.25, -0.2) is 0 Å². The monoisotopic (exact) mass is 480 g/mol. The molecule has 0 radical (unpaired) electrons. The Labute approximate surface area is 178 Å². The second-order valence-electron chi connectivity index (χ2n) is 5.73. The summed E-state index contributed by atoms with van der Waals surface area (Å²) in [4.78, 5) is 2.57. The highest BCUT2D eigenvalue weighted by Crippen LogP contribution is 2.32. The van der Waals surface area contributed by atoms with E-state index in [0.717, 1.165) is 0 Å². The molecule has 0 fully saturated rings. The van der Waals surface area contributed by atoms with Gasteiger partial charge in [-0.15, -0.1) is 0 Å². The molecular weight excluding hydrogens is 466 g/mol. The molecule has 3 nitrogen and oxygen atoms in total. The van der Waals surface area contributed by atoms with Crippen LogP contribution in [0.2, 0.25) is 0 Å². The number of benzene rings is 3. The predicted molar refractivity (Wildman–Crippen MR) is 104 cm³/mol. The van der Waals surface area contributed by atoms with Crippen molar-refractivity contribution in [1.29, 1.82) is 0 Å². The van der Waals surface area contributed by atoms with E-state index in [0.29, 0.717) is 24.3 Å². The van der Waals surface area contributed by atoms with Crippen LogP contribution in [0.25, 0.3) is 0 Å². The molecule has 0 unspecified atom stereocenters. The van der Waals surface area contributed by atoms with Gasteiger partial charge in [0.15, 0.2) is 0 Å². The highest BCUT2D eigenvalue weighted by atomic mass is 32.2. The van der Waals surface area contributed by atoms with Gasteiger partial charge in [0, 0.05) is 9.79 Å². The van der Waals surface area contributed by atoms with E-state index in [2.05, 4.69) is 52.7 Å². The minimum Gasteiger partial charge on any atom is -0.376 e. The second-order valence-corrected chi connectivity index (χ2v) is 8.42. The SMILES string of the molecule is O=S(=O)(Oc1ccc(C(F)(F)F)cc1)C(F)(F)F.c1ccc(Sc2ccccc2)cc1. The maximum Gasteiger partial charge on any atom is 0.534 e. The summed E-state index contributed by atoms with van der Waals surface area (Å²) in [6.45, 7) is 0. The van der Waals surface area contributed by atoms with Crippen molar-refractivity contribution in [3.05, 3.63) is 90.5 Å². The first-order chi connectivity index (χ1) is 14.4. The molecule has 0 saturated carbocycles. The predicted octanol–water partition coefficient (Wildman–Crippen LogP) is 6.77. The summed E-state index contributed by atoms with van der Waals surface area (Å²) in [5, 5.41) is 0. The second kappa shape index (κ2) is 10.1. The fourth-order valence-corrected chi connectivity index (χ4v) is 3.30. The summed E-state index contributed by atoms with van der Waals surface area (Å²) >= 11 is 1.79. The van der Waals surface area contributed by atoms with Crippen molar-refractivity contribution >= 4 is 21.9 Å². The molecule has 3 aromatic carbocycles. The fourth-order valence-electron chi connectivity index (χ4n) is 1.99. The van der Waals surface area contributed by atoms with Crippen LogP contribution in [0.1, 0.15) is 5.56 Å². The summed E-state index contributed by atoms with van der Waals surface area (Å²) in [6, 6.07) is 22.6. The maximum absolute atomic E-state index is 12.1. The Bertz CT molecular complexity index is 1010. The van der Waals surface area contributed by atoms with Crippen LogP contribution in [0, 0.1) is 0 Å². The maximum atomic E-state index is 12.1. The minimum absolute atomic E-state index is 0.404. The highest BCUT2D eigenvalue weighted by Gasteiger charge is 2.48. The zero-order valence-corrected chi connectivity index (χ0v) is 17.0. The van der Waals surface area contributed by atoms with E-state index in [1.807, 2.05) is 12.1 Å². The Morgan fingerprint density at radius 2 is 1.06 bits per heavy atom. The van der Waals surface area contributed by atoms with Crippen LogP contribution >= 0.6 is 11.8 Å². The smallest absolute Gasteiger partial charge is 0.376 e. The molecule has 0 aliphatic rings. The molecule has 0 saturated heterocycles. The van der Waals surface area contributed by atoms with Gasteiger partial charge >= 0.3 is 21.8 Å². The first-order valence-electron chi connectivity index (χ1n) is 8.34. The van der Waals surface area contributed by atoms with E-state index in [1.54, 1.807) is 11.8 Å². The highest BCUT2D eigenvalue weighted by molar-refractivity contribution is 7.99. The Hall–Kier alpha value is -2.66. The van der Waals surface area contributed by atoms with Crippen LogP contribution in [-0.2, 0) is 16.3 Å². The Morgan fingerprint density at radius 3 is 1.42 bits per heavy atom. The third-order valence-electron chi connectivity index (χ3n) is 3.39. The van der Waals surface area contributed by atoms with Crippen LogP contribution in [-0.4, -0.2) is 13.9 Å². The number of hydrogen-bond donors (Lipinski definition) is 0. The normalized spacial score (nSPS) is 11.9. The largest absolute Gasteiger partial charge is 0.534 e. The first kappa shape index (κ1) is 24.6. The molecule has 0 bridgehead atoms. The average Bonchev–Trinajstić information content (AvgIpc) is 2.69. The number of hydrogen-bond acceptors (Lipinski definition) is 4. The van der Waals surface area contributed by atoms with Crippen molar-refractivity contribution in [3.63, 3.8) is 0 Å². The molecule has 0 amide bonds. The van der Waals surface area contributed by atoms with Crippen molar-refractivity contribution in [3.8, 4) is 5.75 Å². The third-order valence-corrected chi connectivity index (χ3v) is 5.39. The van der Waals surface area contributed by atoms with E-state index < -0.39 is 33.1 Å². The molecular formula is C20H14F6O3S2. The van der Waals surface area contributed by atoms with Crippen molar-refractivity contribution in [2.24, 2.45) is 0 Å². The lowest BCUT2D eigenvalue weighted by Gasteiger charge is -2.10. The molecule has 166 valence electrons. The van der Waals surface area contributed by atoms with E-state index >= 15 is 0 Å². The van der Waals surface area contributed by atoms with Crippen LogP contribution in [0.5, 0.6) is 5.75 Å². The van der Waals surface area contributed by atoms with Crippen LogP contribution in [0.3, 0.4) is 0 Å². The van der Waals surface area contributed by atoms with Crippen molar-refractivity contribution < 1.29 is 38.9 Å². The van der Waals surface area contributed by atoms with Gasteiger partial charge in [-0.05, 0) is 48.5 Å². The Morgan fingerprint density at radius 1 is 0.645 bits per heavy atom. The van der Waals surface area contributed by atoms with Crippen LogP contribution in [0.4, 0.5) is 26.3 Å². The van der Waals surface area contributed by atoms with E-state index in [4.69, 9.17) is 0 Å². The van der Waals surface area contributed by atoms with Gasteiger partial charge in [0.05, 0.1) is 5.56 Å². The molecule has 0 spiro atoms. The third kappa shape index (κ3) is 7.83. The van der Waals surface area contributed by atoms with Crippen molar-refractivity contribution in [2.75, 3.05) is 0 Å². The zero-order chi connectivity index (χ0) is 23.1. The van der Waals surface area contributed by atoms with Gasteiger partial charge in [-0.1, -0.05) is 48.2 Å². The lowest BCUT2D eigenvalue weighted by molar-refractivity contribution is -0.137. The topological polar surface area (TPSA) is 43.4 Å². The Balaban J connectivity index is 0.000000231. The molecule has 3 rings (SSSR count). The molecule has 3 aromatic rings. The number of rotatable bonds is 4. The molecule has 0 aromatic heterocycles. The molecule has 0 aliphatic heterocycles. The molecule has 31 heavy (non-hydrogen) atoms. The van der Waals surface area contributed by atoms with E-state index in [1.165, 1.54) is 9.79 Å². The summed E-state index contributed by atoms with van der Waals surface area (Å²) in [6.07, 6.45) is -4.68. The van der Waals surface area contributed by atoms with E-state index in [-0.39, 0.29) is 0 Å². The van der Waals surface area contributed by atoms with Gasteiger partial charge in [-0.3, -0.25) is 0 Å². The molecule has 0 atom stereocenters. The Kier molecular flexibility index (Phi) is 8.02.